The van der Waals surface area contributed by atoms with Crippen LogP contribution in [0.15, 0.2) is 18.3 Å². The quantitative estimate of drug-likeness (QED) is 0.842. The number of carbonyl (C=O) groups is 1. The molecule has 140 valence electrons. The van der Waals surface area contributed by atoms with Crippen molar-refractivity contribution in [2.45, 2.75) is 50.9 Å². The first kappa shape index (κ1) is 17.8. The molecule has 1 amide bonds. The highest BCUT2D eigenvalue weighted by Gasteiger charge is 2.51. The lowest BCUT2D eigenvalue weighted by molar-refractivity contribution is -0.150. The van der Waals surface area contributed by atoms with E-state index in [-0.39, 0.29) is 11.8 Å². The first-order valence-corrected chi connectivity index (χ1v) is 9.39. The zero-order valence-electron chi connectivity index (χ0n) is 15.2. The van der Waals surface area contributed by atoms with Gasteiger partial charge in [-0.05, 0) is 51.7 Å². The fourth-order valence-electron chi connectivity index (χ4n) is 4.62. The first-order valence-electron chi connectivity index (χ1n) is 9.01. The Kier molecular flexibility index (Phi) is 3.88. The summed E-state index contributed by atoms with van der Waals surface area (Å²) in [5.74, 6) is -0.0812. The fraction of sp³-hybridized carbons (Fsp3) is 0.579. The van der Waals surface area contributed by atoms with Crippen molar-refractivity contribution < 1.29 is 15.0 Å². The van der Waals surface area contributed by atoms with E-state index >= 15 is 0 Å². The largest absolute Gasteiger partial charge is 0.386 e. The van der Waals surface area contributed by atoms with Crippen LogP contribution in [0.1, 0.15) is 45.3 Å². The van der Waals surface area contributed by atoms with Crippen LogP contribution in [0.4, 0.5) is 0 Å². The van der Waals surface area contributed by atoms with Crippen molar-refractivity contribution in [1.29, 1.82) is 0 Å². The highest BCUT2D eigenvalue weighted by molar-refractivity contribution is 6.31. The van der Waals surface area contributed by atoms with E-state index in [1.54, 1.807) is 11.1 Å². The van der Waals surface area contributed by atoms with Crippen molar-refractivity contribution >= 4 is 28.4 Å². The molecule has 4 rings (SSSR count). The lowest BCUT2D eigenvalue weighted by Crippen LogP contribution is -2.52. The average Bonchev–Trinajstić information content (AvgIpc) is 3.10. The standard InChI is InChI=1S/C19H24ClN3O3/c1-18(2,26)17(25)22-6-4-12(5-7-22)19(3)16(24)14-9-13(20)8-11-10-21-23(19)15(11)14/h8-10,12,16,24,26H,4-7H2,1-3H3/t16-,19?/m1/s1. The summed E-state index contributed by atoms with van der Waals surface area (Å²) in [5, 5.41) is 27.2. The minimum atomic E-state index is -1.36. The Morgan fingerprint density at radius 3 is 2.62 bits per heavy atom. The molecule has 0 spiro atoms. The van der Waals surface area contributed by atoms with Gasteiger partial charge in [0.15, 0.2) is 0 Å². The van der Waals surface area contributed by atoms with Gasteiger partial charge in [-0.3, -0.25) is 9.48 Å². The monoisotopic (exact) mass is 377 g/mol. The summed E-state index contributed by atoms with van der Waals surface area (Å²) in [6, 6.07) is 3.69. The van der Waals surface area contributed by atoms with Gasteiger partial charge in [-0.2, -0.15) is 5.10 Å². The van der Waals surface area contributed by atoms with E-state index in [0.29, 0.717) is 18.1 Å². The molecular formula is C19H24ClN3O3. The van der Waals surface area contributed by atoms with Crippen molar-refractivity contribution in [1.82, 2.24) is 14.7 Å². The number of amides is 1. The number of carbonyl (C=O) groups excluding carboxylic acids is 1. The van der Waals surface area contributed by atoms with E-state index in [0.717, 1.165) is 29.3 Å². The second-order valence-corrected chi connectivity index (χ2v) is 8.68. The molecule has 0 bridgehead atoms. The highest BCUT2D eigenvalue weighted by atomic mass is 35.5. The molecule has 0 aliphatic carbocycles. The number of aliphatic hydroxyl groups is 2. The molecule has 1 saturated heterocycles. The maximum Gasteiger partial charge on any atom is 0.253 e. The number of hydrogen-bond acceptors (Lipinski definition) is 4. The minimum absolute atomic E-state index is 0.164. The van der Waals surface area contributed by atoms with Crippen LogP contribution in [0.2, 0.25) is 5.02 Å². The van der Waals surface area contributed by atoms with Gasteiger partial charge in [-0.1, -0.05) is 11.6 Å². The third-order valence-electron chi connectivity index (χ3n) is 6.09. The second-order valence-electron chi connectivity index (χ2n) is 8.24. The lowest BCUT2D eigenvalue weighted by Gasteiger charge is -2.43. The number of benzene rings is 1. The predicted octanol–water partition coefficient (Wildman–Crippen LogP) is 2.46. The summed E-state index contributed by atoms with van der Waals surface area (Å²) in [4.78, 5) is 14.0. The van der Waals surface area contributed by atoms with Gasteiger partial charge in [0.25, 0.3) is 5.91 Å². The SMILES string of the molecule is CC(C)(O)C(=O)N1CCC(C2(C)[C@H](O)c3cc(Cl)cc4cnn2c34)CC1. The third-order valence-corrected chi connectivity index (χ3v) is 6.31. The Bertz CT molecular complexity index is 880. The number of piperidine rings is 1. The topological polar surface area (TPSA) is 78.6 Å². The average molecular weight is 378 g/mol. The molecule has 1 fully saturated rings. The molecule has 2 aromatic rings. The maximum atomic E-state index is 12.3. The second kappa shape index (κ2) is 5.68. The van der Waals surface area contributed by atoms with Crippen molar-refractivity contribution in [2.75, 3.05) is 13.1 Å². The van der Waals surface area contributed by atoms with Crippen LogP contribution in [0, 0.1) is 5.92 Å². The number of hydrogen-bond donors (Lipinski definition) is 2. The molecular weight excluding hydrogens is 354 g/mol. The Balaban J connectivity index is 1.62. The van der Waals surface area contributed by atoms with Gasteiger partial charge >= 0.3 is 0 Å². The molecule has 26 heavy (non-hydrogen) atoms. The minimum Gasteiger partial charge on any atom is -0.386 e. The highest BCUT2D eigenvalue weighted by Crippen LogP contribution is 2.51. The number of rotatable bonds is 2. The van der Waals surface area contributed by atoms with Gasteiger partial charge in [0.1, 0.15) is 11.7 Å². The Hall–Kier alpha value is -1.63. The van der Waals surface area contributed by atoms with Crippen LogP contribution in [-0.4, -0.2) is 49.5 Å². The van der Waals surface area contributed by atoms with Gasteiger partial charge < -0.3 is 15.1 Å². The molecule has 2 atom stereocenters. The van der Waals surface area contributed by atoms with Crippen molar-refractivity contribution in [3.63, 3.8) is 0 Å². The summed E-state index contributed by atoms with van der Waals surface area (Å²) in [5.41, 5.74) is -0.162. The van der Waals surface area contributed by atoms with Crippen LogP contribution in [0.25, 0.3) is 10.9 Å². The van der Waals surface area contributed by atoms with Crippen LogP contribution in [-0.2, 0) is 10.3 Å². The van der Waals surface area contributed by atoms with E-state index in [9.17, 15) is 15.0 Å². The molecule has 1 unspecified atom stereocenters. The summed E-state index contributed by atoms with van der Waals surface area (Å²) in [7, 11) is 0. The summed E-state index contributed by atoms with van der Waals surface area (Å²) >= 11 is 6.21. The van der Waals surface area contributed by atoms with E-state index in [1.165, 1.54) is 13.8 Å². The molecule has 0 saturated carbocycles. The molecule has 0 radical (unpaired) electrons. The fourth-order valence-corrected chi connectivity index (χ4v) is 4.85. The summed E-state index contributed by atoms with van der Waals surface area (Å²) in [6.07, 6.45) is 2.60. The smallest absolute Gasteiger partial charge is 0.253 e. The van der Waals surface area contributed by atoms with Crippen molar-refractivity contribution in [2.24, 2.45) is 5.92 Å². The predicted molar refractivity (Wildman–Crippen MR) is 99.0 cm³/mol. The van der Waals surface area contributed by atoms with Crippen LogP contribution in [0.5, 0.6) is 0 Å². The maximum absolute atomic E-state index is 12.3. The van der Waals surface area contributed by atoms with Crippen LogP contribution < -0.4 is 0 Å². The number of nitrogens with zero attached hydrogens (tertiary/aromatic N) is 3. The Morgan fingerprint density at radius 2 is 2.00 bits per heavy atom. The van der Waals surface area contributed by atoms with E-state index in [4.69, 9.17) is 11.6 Å². The summed E-state index contributed by atoms with van der Waals surface area (Å²) in [6.45, 7) is 6.21. The van der Waals surface area contributed by atoms with E-state index in [1.807, 2.05) is 23.7 Å². The molecule has 2 aliphatic heterocycles. The van der Waals surface area contributed by atoms with E-state index in [2.05, 4.69) is 5.10 Å². The molecule has 6 nitrogen and oxygen atoms in total. The number of likely N-dealkylation sites (tertiary alicyclic amines) is 1. The van der Waals surface area contributed by atoms with Crippen molar-refractivity contribution in [3.05, 3.63) is 28.9 Å². The molecule has 2 N–H and O–H groups in total. The van der Waals surface area contributed by atoms with E-state index < -0.39 is 17.2 Å². The molecule has 2 aliphatic rings. The number of halogens is 1. The molecule has 7 heteroatoms. The molecule has 3 heterocycles. The third kappa shape index (κ3) is 2.39. The van der Waals surface area contributed by atoms with Gasteiger partial charge in [-0.25, -0.2) is 0 Å². The molecule has 1 aromatic carbocycles. The number of aliphatic hydroxyl groups excluding tert-OH is 1. The van der Waals surface area contributed by atoms with Gasteiger partial charge in [0.2, 0.25) is 0 Å². The number of aromatic nitrogens is 2. The first-order chi connectivity index (χ1) is 12.1. The van der Waals surface area contributed by atoms with Crippen molar-refractivity contribution in [3.8, 4) is 0 Å². The zero-order valence-corrected chi connectivity index (χ0v) is 16.0. The zero-order chi connectivity index (χ0) is 18.9. The van der Waals surface area contributed by atoms with Crippen LogP contribution in [0.3, 0.4) is 0 Å². The van der Waals surface area contributed by atoms with Gasteiger partial charge in [-0.15, -0.1) is 0 Å². The molecule has 1 aromatic heterocycles. The van der Waals surface area contributed by atoms with Gasteiger partial charge in [0.05, 0.1) is 17.3 Å². The lowest BCUT2D eigenvalue weighted by atomic mass is 9.75. The Labute approximate surface area is 157 Å². The van der Waals surface area contributed by atoms with Crippen LogP contribution >= 0.6 is 11.6 Å². The van der Waals surface area contributed by atoms with Gasteiger partial charge in [0, 0.05) is 29.1 Å². The Morgan fingerprint density at radius 1 is 1.35 bits per heavy atom. The summed E-state index contributed by atoms with van der Waals surface area (Å²) < 4.78 is 1.94. The normalized spacial score (nSPS) is 26.7.